The van der Waals surface area contributed by atoms with Crippen LogP contribution in [0.3, 0.4) is 0 Å². The van der Waals surface area contributed by atoms with Crippen molar-refractivity contribution in [3.63, 3.8) is 0 Å². The van der Waals surface area contributed by atoms with Gasteiger partial charge in [0.1, 0.15) is 6.10 Å². The fourth-order valence-corrected chi connectivity index (χ4v) is 3.64. The summed E-state index contributed by atoms with van der Waals surface area (Å²) < 4.78 is 5.39. The number of aliphatic hydroxyl groups is 1. The summed E-state index contributed by atoms with van der Waals surface area (Å²) in [7, 11) is 0. The van der Waals surface area contributed by atoms with E-state index in [-0.39, 0.29) is 12.7 Å². The minimum absolute atomic E-state index is 0.112. The normalized spacial score (nSPS) is 16.9. The number of hydrogen-bond donors (Lipinski definition) is 1. The Morgan fingerprint density at radius 3 is 2.77 bits per heavy atom. The molecule has 0 spiro atoms. The molecule has 1 aliphatic rings. The van der Waals surface area contributed by atoms with Crippen molar-refractivity contribution in [2.75, 3.05) is 26.3 Å². The molecule has 1 N–H and O–H groups in total. The largest absolute Gasteiger partial charge is 0.390 e. The maximum Gasteiger partial charge on any atom is 0.145 e. The summed E-state index contributed by atoms with van der Waals surface area (Å²) in [4.78, 5) is 7.84. The molecule has 160 valence electrons. The summed E-state index contributed by atoms with van der Waals surface area (Å²) >= 11 is 12.1. The first-order valence-corrected chi connectivity index (χ1v) is 10.6. The monoisotopic (exact) mass is 448 g/mol. The van der Waals surface area contributed by atoms with Gasteiger partial charge in [-0.15, -0.1) is 6.58 Å². The lowest BCUT2D eigenvalue weighted by atomic mass is 10.0. The van der Waals surface area contributed by atoms with Crippen molar-refractivity contribution < 1.29 is 14.7 Å². The predicted octanol–water partition coefficient (Wildman–Crippen LogP) is 4.55. The molecule has 0 saturated heterocycles. The number of hydrogen-bond acceptors (Lipinski definition) is 5. The molecule has 1 heterocycles. The molecule has 0 saturated carbocycles. The zero-order valence-corrected chi connectivity index (χ0v) is 18.2. The van der Waals surface area contributed by atoms with Gasteiger partial charge in [0, 0.05) is 31.6 Å². The molecular formula is C23H26Cl2N2O3. The third kappa shape index (κ3) is 6.83. The molecule has 7 heteroatoms. The Labute approximate surface area is 187 Å². The van der Waals surface area contributed by atoms with Gasteiger partial charge in [0.2, 0.25) is 0 Å². The van der Waals surface area contributed by atoms with E-state index in [4.69, 9.17) is 32.8 Å². The Bertz CT molecular complexity index is 861. The van der Waals surface area contributed by atoms with Crippen molar-refractivity contribution in [1.29, 1.82) is 0 Å². The second kappa shape index (κ2) is 11.5. The molecule has 0 amide bonds. The van der Waals surface area contributed by atoms with Crippen LogP contribution < -0.4 is 0 Å². The highest BCUT2D eigenvalue weighted by Gasteiger charge is 2.26. The average molecular weight is 449 g/mol. The summed E-state index contributed by atoms with van der Waals surface area (Å²) in [6.07, 6.45) is 1.61. The first-order chi connectivity index (χ1) is 14.5. The smallest absolute Gasteiger partial charge is 0.145 e. The van der Waals surface area contributed by atoms with Crippen LogP contribution in [0.4, 0.5) is 0 Å². The van der Waals surface area contributed by atoms with E-state index in [1.807, 2.05) is 24.3 Å². The van der Waals surface area contributed by atoms with Crippen molar-refractivity contribution in [1.82, 2.24) is 4.90 Å². The number of oxime groups is 1. The predicted molar refractivity (Wildman–Crippen MR) is 121 cm³/mol. The number of halogens is 2. The SMILES string of the molecule is C=CCOCC(O)CN(Cc1ccccc1)CC1CC(c2ccc(Cl)c(Cl)c2)=NO1. The summed E-state index contributed by atoms with van der Waals surface area (Å²) in [6, 6.07) is 15.6. The second-order valence-corrected chi connectivity index (χ2v) is 8.07. The molecule has 1 aliphatic heterocycles. The zero-order valence-electron chi connectivity index (χ0n) is 16.7. The van der Waals surface area contributed by atoms with Crippen molar-refractivity contribution in [2.45, 2.75) is 25.2 Å². The quantitative estimate of drug-likeness (QED) is 0.404. The Hall–Kier alpha value is -1.89. The van der Waals surface area contributed by atoms with Crippen molar-refractivity contribution >= 4 is 28.9 Å². The molecule has 2 aromatic rings. The summed E-state index contributed by atoms with van der Waals surface area (Å²) in [5.74, 6) is 0. The minimum atomic E-state index is -0.606. The van der Waals surface area contributed by atoms with Crippen LogP contribution in [0.15, 0.2) is 66.3 Å². The molecule has 2 unspecified atom stereocenters. The highest BCUT2D eigenvalue weighted by molar-refractivity contribution is 6.42. The van der Waals surface area contributed by atoms with Crippen LogP contribution in [-0.2, 0) is 16.1 Å². The third-order valence-corrected chi connectivity index (χ3v) is 5.45. The van der Waals surface area contributed by atoms with E-state index >= 15 is 0 Å². The molecule has 5 nitrogen and oxygen atoms in total. The first kappa shape index (κ1) is 22.8. The molecule has 3 rings (SSSR count). The van der Waals surface area contributed by atoms with Crippen molar-refractivity contribution in [3.05, 3.63) is 82.4 Å². The van der Waals surface area contributed by atoms with Gasteiger partial charge in [-0.3, -0.25) is 4.90 Å². The van der Waals surface area contributed by atoms with Gasteiger partial charge in [0.25, 0.3) is 0 Å². The van der Waals surface area contributed by atoms with Crippen LogP contribution in [0.1, 0.15) is 17.5 Å². The number of aliphatic hydroxyl groups excluding tert-OH is 1. The topological polar surface area (TPSA) is 54.3 Å². The minimum Gasteiger partial charge on any atom is -0.390 e. The molecule has 2 atom stereocenters. The van der Waals surface area contributed by atoms with Gasteiger partial charge in [-0.05, 0) is 17.7 Å². The fraction of sp³-hybridized carbons (Fsp3) is 0.348. The van der Waals surface area contributed by atoms with Crippen molar-refractivity contribution in [2.24, 2.45) is 5.16 Å². The molecule has 0 aromatic heterocycles. The molecule has 0 aliphatic carbocycles. The second-order valence-electron chi connectivity index (χ2n) is 7.26. The molecular weight excluding hydrogens is 423 g/mol. The van der Waals surface area contributed by atoms with E-state index < -0.39 is 6.10 Å². The third-order valence-electron chi connectivity index (χ3n) is 4.71. The van der Waals surface area contributed by atoms with Crippen molar-refractivity contribution in [3.8, 4) is 0 Å². The standard InChI is InChI=1S/C23H26Cl2N2O3/c1-2-10-29-16-19(28)14-27(13-17-6-4-3-5-7-17)15-20-12-23(26-30-20)18-8-9-21(24)22(25)11-18/h2-9,11,19-20,28H,1,10,12-16H2. The van der Waals surface area contributed by atoms with E-state index in [0.717, 1.165) is 11.3 Å². The van der Waals surface area contributed by atoms with E-state index in [0.29, 0.717) is 42.7 Å². The number of benzene rings is 2. The van der Waals surface area contributed by atoms with E-state index in [1.54, 1.807) is 18.2 Å². The maximum atomic E-state index is 10.4. The number of ether oxygens (including phenoxy) is 1. The lowest BCUT2D eigenvalue weighted by Crippen LogP contribution is -2.39. The van der Waals surface area contributed by atoms with E-state index in [9.17, 15) is 5.11 Å². The lowest BCUT2D eigenvalue weighted by molar-refractivity contribution is 0.00336. The van der Waals surface area contributed by atoms with Gasteiger partial charge in [-0.25, -0.2) is 0 Å². The van der Waals surface area contributed by atoms with Crippen LogP contribution in [-0.4, -0.2) is 54.2 Å². The van der Waals surface area contributed by atoms with Gasteiger partial charge in [-0.1, -0.05) is 70.8 Å². The average Bonchev–Trinajstić information content (AvgIpc) is 3.19. The fourth-order valence-electron chi connectivity index (χ4n) is 3.34. The summed E-state index contributed by atoms with van der Waals surface area (Å²) in [5.41, 5.74) is 2.91. The number of rotatable bonds is 11. The Morgan fingerprint density at radius 1 is 1.23 bits per heavy atom. The van der Waals surface area contributed by atoms with E-state index in [1.165, 1.54) is 5.56 Å². The number of nitrogens with zero attached hydrogens (tertiary/aromatic N) is 2. The molecule has 30 heavy (non-hydrogen) atoms. The van der Waals surface area contributed by atoms with Crippen LogP contribution in [0.2, 0.25) is 10.0 Å². The molecule has 0 radical (unpaired) electrons. The molecule has 2 aromatic carbocycles. The van der Waals surface area contributed by atoms with Crippen LogP contribution in [0, 0.1) is 0 Å². The first-order valence-electron chi connectivity index (χ1n) is 9.86. The van der Waals surface area contributed by atoms with Gasteiger partial charge < -0.3 is 14.7 Å². The highest BCUT2D eigenvalue weighted by atomic mass is 35.5. The summed E-state index contributed by atoms with van der Waals surface area (Å²) in [6.45, 7) is 6.09. The van der Waals surface area contributed by atoms with Gasteiger partial charge in [-0.2, -0.15) is 0 Å². The highest BCUT2D eigenvalue weighted by Crippen LogP contribution is 2.26. The zero-order chi connectivity index (χ0) is 21.3. The van der Waals surface area contributed by atoms with Gasteiger partial charge >= 0.3 is 0 Å². The van der Waals surface area contributed by atoms with E-state index in [2.05, 4.69) is 28.8 Å². The Balaban J connectivity index is 1.61. The van der Waals surface area contributed by atoms with Gasteiger partial charge in [0.15, 0.2) is 0 Å². The lowest BCUT2D eigenvalue weighted by Gasteiger charge is -2.27. The van der Waals surface area contributed by atoms with Crippen LogP contribution >= 0.6 is 23.2 Å². The van der Waals surface area contributed by atoms with Crippen LogP contribution in [0.25, 0.3) is 0 Å². The summed E-state index contributed by atoms with van der Waals surface area (Å²) in [5, 5.41) is 15.6. The van der Waals surface area contributed by atoms with Crippen LogP contribution in [0.5, 0.6) is 0 Å². The molecule has 0 bridgehead atoms. The Morgan fingerprint density at radius 2 is 2.03 bits per heavy atom. The Kier molecular flexibility index (Phi) is 8.73. The van der Waals surface area contributed by atoms with Gasteiger partial charge in [0.05, 0.1) is 35.1 Å². The molecule has 0 fully saturated rings. The maximum absolute atomic E-state index is 10.4.